The van der Waals surface area contributed by atoms with Crippen molar-refractivity contribution in [3.05, 3.63) is 52.5 Å². The minimum Gasteiger partial charge on any atom is -0.341 e. The highest BCUT2D eigenvalue weighted by Gasteiger charge is 2.28. The lowest BCUT2D eigenvalue weighted by atomic mass is 10.3. The normalized spacial score (nSPS) is 16.6. The molecule has 1 aromatic heterocycles. The van der Waals surface area contributed by atoms with E-state index in [1.54, 1.807) is 4.90 Å². The topological polar surface area (TPSA) is 57.7 Å². The smallest absolute Gasteiger partial charge is 0.243 e. The fourth-order valence-corrected chi connectivity index (χ4v) is 4.98. The van der Waals surface area contributed by atoms with E-state index >= 15 is 0 Å². The Bertz CT molecular complexity index is 820. The Morgan fingerprint density at radius 3 is 2.52 bits per heavy atom. The molecule has 0 aliphatic carbocycles. The Labute approximate surface area is 150 Å². The van der Waals surface area contributed by atoms with Crippen LogP contribution in [0.25, 0.3) is 0 Å². The molecule has 0 saturated carbocycles. The predicted octanol–water partition coefficient (Wildman–Crippen LogP) is 2.35. The van der Waals surface area contributed by atoms with Crippen LogP contribution in [0.2, 0.25) is 0 Å². The van der Waals surface area contributed by atoms with E-state index in [1.165, 1.54) is 27.8 Å². The molecular formula is C17H19FN2O3S2. The van der Waals surface area contributed by atoms with Crippen molar-refractivity contribution in [3.63, 3.8) is 0 Å². The molecule has 0 unspecified atom stereocenters. The number of benzene rings is 1. The van der Waals surface area contributed by atoms with Gasteiger partial charge in [-0.1, -0.05) is 6.07 Å². The fraction of sp³-hybridized carbons (Fsp3) is 0.353. The third kappa shape index (κ3) is 4.26. The third-order valence-electron chi connectivity index (χ3n) is 4.16. The number of hydrogen-bond donors (Lipinski definition) is 0. The number of thiophene rings is 1. The molecule has 1 aliphatic rings. The molecule has 0 atom stereocenters. The lowest BCUT2D eigenvalue weighted by Gasteiger charge is -2.22. The molecule has 2 aromatic rings. The number of sulfonamides is 1. The van der Waals surface area contributed by atoms with Crippen LogP contribution < -0.4 is 0 Å². The van der Waals surface area contributed by atoms with Crippen molar-refractivity contribution < 1.29 is 17.6 Å². The van der Waals surface area contributed by atoms with Crippen LogP contribution >= 0.6 is 11.3 Å². The lowest BCUT2D eigenvalue weighted by molar-refractivity contribution is -0.130. The highest BCUT2D eigenvalue weighted by molar-refractivity contribution is 7.89. The van der Waals surface area contributed by atoms with Crippen molar-refractivity contribution >= 4 is 27.3 Å². The van der Waals surface area contributed by atoms with E-state index in [-0.39, 0.29) is 17.3 Å². The van der Waals surface area contributed by atoms with Crippen LogP contribution in [0.15, 0.2) is 46.7 Å². The number of hydrogen-bond acceptors (Lipinski definition) is 4. The molecule has 0 bridgehead atoms. The SMILES string of the molecule is O=C(Cc1cccs1)N1CCCN(S(=O)(=O)c2ccc(F)cc2)CC1. The van der Waals surface area contributed by atoms with E-state index in [4.69, 9.17) is 0 Å². The van der Waals surface area contributed by atoms with E-state index in [1.807, 2.05) is 17.5 Å². The van der Waals surface area contributed by atoms with Gasteiger partial charge >= 0.3 is 0 Å². The summed E-state index contributed by atoms with van der Waals surface area (Å²) < 4.78 is 39.8. The second kappa shape index (κ2) is 7.63. The first-order valence-electron chi connectivity index (χ1n) is 8.03. The molecule has 134 valence electrons. The third-order valence-corrected chi connectivity index (χ3v) is 6.95. The summed E-state index contributed by atoms with van der Waals surface area (Å²) >= 11 is 1.54. The minimum atomic E-state index is -3.67. The molecule has 8 heteroatoms. The summed E-state index contributed by atoms with van der Waals surface area (Å²) in [4.78, 5) is 15.2. The number of amides is 1. The van der Waals surface area contributed by atoms with E-state index in [0.29, 0.717) is 32.5 Å². The summed E-state index contributed by atoms with van der Waals surface area (Å²) in [6.45, 7) is 1.50. The Kier molecular flexibility index (Phi) is 5.51. The van der Waals surface area contributed by atoms with Crippen molar-refractivity contribution in [2.45, 2.75) is 17.7 Å². The van der Waals surface area contributed by atoms with Crippen LogP contribution in [-0.2, 0) is 21.2 Å². The van der Waals surface area contributed by atoms with Crippen LogP contribution in [0.1, 0.15) is 11.3 Å². The summed E-state index contributed by atoms with van der Waals surface area (Å²) in [5, 5.41) is 1.93. The van der Waals surface area contributed by atoms with Gasteiger partial charge in [-0.25, -0.2) is 12.8 Å². The molecule has 0 N–H and O–H groups in total. The van der Waals surface area contributed by atoms with Crippen LogP contribution in [-0.4, -0.2) is 49.7 Å². The summed E-state index contributed by atoms with van der Waals surface area (Å²) in [6.07, 6.45) is 0.930. The van der Waals surface area contributed by atoms with Crippen molar-refractivity contribution in [2.75, 3.05) is 26.2 Å². The molecule has 1 aliphatic heterocycles. The Balaban J connectivity index is 1.66. The second-order valence-electron chi connectivity index (χ2n) is 5.85. The molecule has 1 amide bonds. The average molecular weight is 382 g/mol. The first-order valence-corrected chi connectivity index (χ1v) is 10.3. The van der Waals surface area contributed by atoms with Crippen LogP contribution in [0.4, 0.5) is 4.39 Å². The zero-order chi connectivity index (χ0) is 17.9. The molecule has 1 aromatic carbocycles. The summed E-state index contributed by atoms with van der Waals surface area (Å²) in [7, 11) is -3.67. The van der Waals surface area contributed by atoms with Gasteiger partial charge in [0.15, 0.2) is 0 Å². The fourth-order valence-electron chi connectivity index (χ4n) is 2.81. The van der Waals surface area contributed by atoms with Gasteiger partial charge in [-0.05, 0) is 42.1 Å². The molecule has 1 saturated heterocycles. The predicted molar refractivity (Wildman–Crippen MR) is 94.4 cm³/mol. The van der Waals surface area contributed by atoms with Gasteiger partial charge in [0.05, 0.1) is 11.3 Å². The van der Waals surface area contributed by atoms with Crippen LogP contribution in [0, 0.1) is 5.82 Å². The van der Waals surface area contributed by atoms with Crippen molar-refractivity contribution in [1.29, 1.82) is 0 Å². The molecule has 0 spiro atoms. The van der Waals surface area contributed by atoms with E-state index < -0.39 is 15.8 Å². The molecule has 25 heavy (non-hydrogen) atoms. The number of carbonyl (C=O) groups excluding carboxylic acids is 1. The first-order chi connectivity index (χ1) is 12.0. The standard InChI is InChI=1S/C17H19FN2O3S2/c18-14-4-6-16(7-5-14)25(22,23)20-9-2-8-19(10-11-20)17(21)13-15-3-1-12-24-15/h1,3-7,12H,2,8-11,13H2. The van der Waals surface area contributed by atoms with Gasteiger partial charge in [-0.15, -0.1) is 11.3 Å². The lowest BCUT2D eigenvalue weighted by Crippen LogP contribution is -2.37. The zero-order valence-corrected chi connectivity index (χ0v) is 15.2. The van der Waals surface area contributed by atoms with Gasteiger partial charge in [0, 0.05) is 31.1 Å². The maximum Gasteiger partial charge on any atom is 0.243 e. The molecule has 1 fully saturated rings. The monoisotopic (exact) mass is 382 g/mol. The second-order valence-corrected chi connectivity index (χ2v) is 8.82. The quantitative estimate of drug-likeness (QED) is 0.816. The summed E-state index contributed by atoms with van der Waals surface area (Å²) in [6, 6.07) is 8.66. The van der Waals surface area contributed by atoms with Crippen molar-refractivity contribution in [1.82, 2.24) is 9.21 Å². The number of halogens is 1. The Hall–Kier alpha value is -1.77. The van der Waals surface area contributed by atoms with Gasteiger partial charge in [-0.2, -0.15) is 4.31 Å². The maximum atomic E-state index is 13.0. The van der Waals surface area contributed by atoms with Gasteiger partial charge in [0.1, 0.15) is 5.82 Å². The van der Waals surface area contributed by atoms with E-state index in [2.05, 4.69) is 0 Å². The zero-order valence-electron chi connectivity index (χ0n) is 13.6. The number of nitrogens with zero attached hydrogens (tertiary/aromatic N) is 2. The highest BCUT2D eigenvalue weighted by atomic mass is 32.2. The number of carbonyl (C=O) groups is 1. The summed E-state index contributed by atoms with van der Waals surface area (Å²) in [5.74, 6) is -0.455. The Morgan fingerprint density at radius 1 is 1.08 bits per heavy atom. The largest absolute Gasteiger partial charge is 0.341 e. The molecule has 2 heterocycles. The average Bonchev–Trinajstić information content (AvgIpc) is 2.95. The van der Waals surface area contributed by atoms with E-state index in [9.17, 15) is 17.6 Å². The maximum absolute atomic E-state index is 13.0. The number of rotatable bonds is 4. The van der Waals surface area contributed by atoms with E-state index in [0.717, 1.165) is 17.0 Å². The Morgan fingerprint density at radius 2 is 1.84 bits per heavy atom. The van der Waals surface area contributed by atoms with Crippen molar-refractivity contribution in [2.24, 2.45) is 0 Å². The minimum absolute atomic E-state index is 0.0171. The molecule has 0 radical (unpaired) electrons. The summed E-state index contributed by atoms with van der Waals surface area (Å²) in [5.41, 5.74) is 0. The molecular weight excluding hydrogens is 363 g/mol. The highest BCUT2D eigenvalue weighted by Crippen LogP contribution is 2.19. The first kappa shape index (κ1) is 18.0. The van der Waals surface area contributed by atoms with Crippen LogP contribution in [0.5, 0.6) is 0 Å². The molecule has 5 nitrogen and oxygen atoms in total. The van der Waals surface area contributed by atoms with Crippen molar-refractivity contribution in [3.8, 4) is 0 Å². The van der Waals surface area contributed by atoms with Gasteiger partial charge < -0.3 is 4.90 Å². The van der Waals surface area contributed by atoms with Gasteiger partial charge in [0.2, 0.25) is 15.9 Å². The van der Waals surface area contributed by atoms with Crippen LogP contribution in [0.3, 0.4) is 0 Å². The van der Waals surface area contributed by atoms with Gasteiger partial charge in [-0.3, -0.25) is 4.79 Å². The van der Waals surface area contributed by atoms with Gasteiger partial charge in [0.25, 0.3) is 0 Å². The molecule has 3 rings (SSSR count).